The van der Waals surface area contributed by atoms with Crippen LogP contribution in [0.2, 0.25) is 0 Å². The third-order valence-electron chi connectivity index (χ3n) is 4.27. The first-order chi connectivity index (χ1) is 10.7. The second kappa shape index (κ2) is 5.64. The molecule has 0 spiro atoms. The molecule has 1 aromatic carbocycles. The van der Waals surface area contributed by atoms with E-state index in [9.17, 15) is 14.0 Å². The first-order valence-electron chi connectivity index (χ1n) is 7.38. The zero-order chi connectivity index (χ0) is 16.8. The van der Waals surface area contributed by atoms with Crippen LogP contribution in [0, 0.1) is 11.2 Å². The highest BCUT2D eigenvalue weighted by Crippen LogP contribution is 2.64. The number of ether oxygens (including phenoxy) is 1. The molecule has 124 valence electrons. The molecule has 1 amide bonds. The van der Waals surface area contributed by atoms with Gasteiger partial charge in [0.05, 0.1) is 0 Å². The van der Waals surface area contributed by atoms with Gasteiger partial charge in [0, 0.05) is 18.0 Å². The number of hydrogen-bond donors (Lipinski definition) is 1. The molecule has 2 saturated carbocycles. The van der Waals surface area contributed by atoms with Crippen LogP contribution in [-0.2, 0) is 14.3 Å². The van der Waals surface area contributed by atoms with Gasteiger partial charge < -0.3 is 10.1 Å². The minimum atomic E-state index is -1.18. The van der Waals surface area contributed by atoms with Crippen molar-refractivity contribution in [2.45, 2.75) is 42.7 Å². The smallest absolute Gasteiger partial charge is 0.316 e. The number of carbonyl (C=O) groups excluding carboxylic acids is 2. The maximum Gasteiger partial charge on any atom is 0.316 e. The fourth-order valence-corrected chi connectivity index (χ4v) is 2.96. The summed E-state index contributed by atoms with van der Waals surface area (Å²) in [6.45, 7) is 1.59. The standard InChI is InChI=1S/C16H16Cl2FNO3/c1-15(8-16(15,17)18)14(22)23-12(13(21)20-11-6-7-11)9-2-4-10(19)5-3-9/h2-5,11-12H,6-8H2,1H3,(H,20,21)/t12-,15-/m0/s1. The van der Waals surface area contributed by atoms with Crippen LogP contribution in [0.25, 0.3) is 0 Å². The second-order valence-electron chi connectivity index (χ2n) is 6.33. The second-order valence-corrected chi connectivity index (χ2v) is 7.82. The van der Waals surface area contributed by atoms with E-state index in [1.807, 2.05) is 0 Å². The Bertz CT molecular complexity index is 645. The van der Waals surface area contributed by atoms with Crippen molar-refractivity contribution in [3.63, 3.8) is 0 Å². The van der Waals surface area contributed by atoms with E-state index in [0.29, 0.717) is 5.56 Å². The molecule has 0 radical (unpaired) electrons. The molecule has 0 bridgehead atoms. The van der Waals surface area contributed by atoms with Crippen LogP contribution in [0.15, 0.2) is 24.3 Å². The summed E-state index contributed by atoms with van der Waals surface area (Å²) in [5, 5.41) is 2.79. The molecule has 2 aliphatic carbocycles. The summed E-state index contributed by atoms with van der Waals surface area (Å²) in [4.78, 5) is 24.7. The van der Waals surface area contributed by atoms with Crippen LogP contribution in [0.5, 0.6) is 0 Å². The number of rotatable bonds is 5. The number of carbonyl (C=O) groups is 2. The summed E-state index contributed by atoms with van der Waals surface area (Å²) in [6, 6.07) is 5.38. The van der Waals surface area contributed by atoms with E-state index in [1.54, 1.807) is 6.92 Å². The van der Waals surface area contributed by atoms with Gasteiger partial charge >= 0.3 is 5.97 Å². The molecule has 4 nitrogen and oxygen atoms in total. The van der Waals surface area contributed by atoms with Crippen molar-refractivity contribution < 1.29 is 18.7 Å². The average Bonchev–Trinajstić information content (AvgIpc) is 3.36. The van der Waals surface area contributed by atoms with Crippen molar-refractivity contribution in [3.8, 4) is 0 Å². The average molecular weight is 360 g/mol. The molecule has 23 heavy (non-hydrogen) atoms. The van der Waals surface area contributed by atoms with E-state index < -0.39 is 33.5 Å². The molecular formula is C16H16Cl2FNO3. The number of hydrogen-bond acceptors (Lipinski definition) is 3. The van der Waals surface area contributed by atoms with Gasteiger partial charge in [-0.1, -0.05) is 12.1 Å². The van der Waals surface area contributed by atoms with Gasteiger partial charge in [-0.2, -0.15) is 0 Å². The topological polar surface area (TPSA) is 55.4 Å². The zero-order valence-corrected chi connectivity index (χ0v) is 14.0. The highest BCUT2D eigenvalue weighted by molar-refractivity contribution is 6.53. The minimum Gasteiger partial charge on any atom is -0.447 e. The largest absolute Gasteiger partial charge is 0.447 e. The summed E-state index contributed by atoms with van der Waals surface area (Å²) in [7, 11) is 0. The quantitative estimate of drug-likeness (QED) is 0.648. The lowest BCUT2D eigenvalue weighted by atomic mass is 10.1. The molecule has 1 N–H and O–H groups in total. The molecule has 0 aromatic heterocycles. The predicted octanol–water partition coefficient (Wildman–Crippen LogP) is 3.27. The lowest BCUT2D eigenvalue weighted by Crippen LogP contribution is -2.35. The Balaban J connectivity index is 1.78. The van der Waals surface area contributed by atoms with Gasteiger partial charge in [-0.15, -0.1) is 23.2 Å². The molecule has 0 heterocycles. The number of esters is 1. The van der Waals surface area contributed by atoms with Crippen LogP contribution in [0.4, 0.5) is 4.39 Å². The predicted molar refractivity (Wildman–Crippen MR) is 83.6 cm³/mol. The molecule has 0 unspecified atom stereocenters. The first-order valence-corrected chi connectivity index (χ1v) is 8.13. The third kappa shape index (κ3) is 3.31. The van der Waals surface area contributed by atoms with Crippen LogP contribution < -0.4 is 5.32 Å². The maximum absolute atomic E-state index is 13.1. The summed E-state index contributed by atoms with van der Waals surface area (Å²) in [6.07, 6.45) is 0.924. The van der Waals surface area contributed by atoms with Crippen molar-refractivity contribution in [1.82, 2.24) is 5.32 Å². The number of amides is 1. The van der Waals surface area contributed by atoms with Gasteiger partial charge in [0.1, 0.15) is 15.6 Å². The van der Waals surface area contributed by atoms with E-state index in [0.717, 1.165) is 12.8 Å². The van der Waals surface area contributed by atoms with Gasteiger partial charge in [-0.3, -0.25) is 9.59 Å². The number of nitrogens with one attached hydrogen (secondary N) is 1. The highest BCUT2D eigenvalue weighted by atomic mass is 35.5. The van der Waals surface area contributed by atoms with Crippen LogP contribution in [0.3, 0.4) is 0 Å². The van der Waals surface area contributed by atoms with Gasteiger partial charge in [0.2, 0.25) is 6.10 Å². The Kier molecular flexibility index (Phi) is 4.05. The molecule has 3 rings (SSSR count). The lowest BCUT2D eigenvalue weighted by Gasteiger charge is -2.20. The van der Waals surface area contributed by atoms with E-state index in [-0.39, 0.29) is 12.5 Å². The molecule has 0 aliphatic heterocycles. The molecule has 2 fully saturated rings. The first kappa shape index (κ1) is 16.5. The summed E-state index contributed by atoms with van der Waals surface area (Å²) < 4.78 is 17.3. The minimum absolute atomic E-state index is 0.112. The molecule has 2 aliphatic rings. The number of halogens is 3. The van der Waals surface area contributed by atoms with E-state index >= 15 is 0 Å². The lowest BCUT2D eigenvalue weighted by molar-refractivity contribution is -0.161. The Hall–Kier alpha value is -1.33. The van der Waals surface area contributed by atoms with Gasteiger partial charge in [0.25, 0.3) is 5.91 Å². The van der Waals surface area contributed by atoms with Crippen molar-refractivity contribution in [1.29, 1.82) is 0 Å². The van der Waals surface area contributed by atoms with Gasteiger partial charge in [0.15, 0.2) is 0 Å². The maximum atomic E-state index is 13.1. The van der Waals surface area contributed by atoms with Gasteiger partial charge in [-0.25, -0.2) is 4.39 Å². The normalized spacial score (nSPS) is 26.3. The van der Waals surface area contributed by atoms with Gasteiger partial charge in [-0.05, 0) is 31.9 Å². The summed E-state index contributed by atoms with van der Waals surface area (Å²) >= 11 is 12.0. The molecule has 7 heteroatoms. The molecular weight excluding hydrogens is 344 g/mol. The number of benzene rings is 1. The van der Waals surface area contributed by atoms with Crippen LogP contribution in [-0.4, -0.2) is 22.3 Å². The monoisotopic (exact) mass is 359 g/mol. The summed E-state index contributed by atoms with van der Waals surface area (Å²) in [5.41, 5.74) is -0.634. The van der Waals surface area contributed by atoms with E-state index in [4.69, 9.17) is 27.9 Å². The molecule has 2 atom stereocenters. The van der Waals surface area contributed by atoms with Crippen molar-refractivity contribution in [2.24, 2.45) is 5.41 Å². The Labute approximate surface area is 143 Å². The fraction of sp³-hybridized carbons (Fsp3) is 0.500. The van der Waals surface area contributed by atoms with Crippen LogP contribution >= 0.6 is 23.2 Å². The van der Waals surface area contributed by atoms with Crippen molar-refractivity contribution in [3.05, 3.63) is 35.6 Å². The highest BCUT2D eigenvalue weighted by Gasteiger charge is 2.69. The van der Waals surface area contributed by atoms with Crippen molar-refractivity contribution in [2.75, 3.05) is 0 Å². The third-order valence-corrected chi connectivity index (χ3v) is 5.37. The Morgan fingerprint density at radius 3 is 2.35 bits per heavy atom. The number of alkyl halides is 2. The molecule has 1 aromatic rings. The van der Waals surface area contributed by atoms with Crippen LogP contribution in [0.1, 0.15) is 37.9 Å². The Morgan fingerprint density at radius 1 is 1.30 bits per heavy atom. The SMILES string of the molecule is C[C@@]1(C(=O)O[C@H](C(=O)NC2CC2)c2ccc(F)cc2)CC1(Cl)Cl. The molecule has 0 saturated heterocycles. The zero-order valence-electron chi connectivity index (χ0n) is 12.4. The van der Waals surface area contributed by atoms with E-state index in [1.165, 1.54) is 24.3 Å². The Morgan fingerprint density at radius 2 is 1.87 bits per heavy atom. The van der Waals surface area contributed by atoms with E-state index in [2.05, 4.69) is 5.32 Å². The van der Waals surface area contributed by atoms with Crippen molar-refractivity contribution >= 4 is 35.1 Å². The fourth-order valence-electron chi connectivity index (χ4n) is 2.27. The summed E-state index contributed by atoms with van der Waals surface area (Å²) in [5.74, 6) is -1.50.